The van der Waals surface area contributed by atoms with E-state index in [-0.39, 0.29) is 43.3 Å². The number of amides is 1. The number of benzene rings is 1. The molecule has 3 rings (SSSR count). The third kappa shape index (κ3) is 1.72. The van der Waals surface area contributed by atoms with Crippen LogP contribution in [-0.4, -0.2) is 31.3 Å². The molecule has 92 valence electrons. The average Bonchev–Trinajstić information content (AvgIpc) is 2.71. The molecule has 0 saturated carbocycles. The van der Waals surface area contributed by atoms with Gasteiger partial charge in [-0.1, -0.05) is 0 Å². The van der Waals surface area contributed by atoms with E-state index < -0.39 is 0 Å². The fourth-order valence-corrected chi connectivity index (χ4v) is 4.57. The van der Waals surface area contributed by atoms with E-state index in [2.05, 4.69) is 6.08 Å². The van der Waals surface area contributed by atoms with Crippen molar-refractivity contribution in [3.63, 3.8) is 0 Å². The molecule has 1 amide bonds. The average molecular weight is 308 g/mol. The molecular formula is C13H11NO3Se. The molecule has 5 heteroatoms. The molecule has 2 N–H and O–H groups in total. The molecule has 2 atom stereocenters. The Hall–Kier alpha value is -1.71. The van der Waals surface area contributed by atoms with Crippen molar-refractivity contribution in [2.75, 3.05) is 3.92 Å². The van der Waals surface area contributed by atoms with Crippen molar-refractivity contribution in [3.05, 3.63) is 42.5 Å². The minimum absolute atomic E-state index is 0.00752. The number of carbonyl (C=O) groups is 1. The van der Waals surface area contributed by atoms with Gasteiger partial charge in [0.1, 0.15) is 0 Å². The Morgan fingerprint density at radius 2 is 1.89 bits per heavy atom. The van der Waals surface area contributed by atoms with Crippen LogP contribution in [-0.2, 0) is 4.79 Å². The number of rotatable bonds is 1. The SMILES string of the molecule is O=C1C2C=CC=CC2[Se]N1c1ccc(O)c(O)c1. The molecule has 1 fully saturated rings. The Morgan fingerprint density at radius 3 is 2.61 bits per heavy atom. The third-order valence-corrected chi connectivity index (χ3v) is 5.71. The number of fused-ring (bicyclic) bond motifs is 1. The summed E-state index contributed by atoms with van der Waals surface area (Å²) in [5.74, 6) is -0.385. The minimum atomic E-state index is -0.197. The molecule has 1 aliphatic heterocycles. The van der Waals surface area contributed by atoms with Gasteiger partial charge in [-0.15, -0.1) is 0 Å². The molecule has 2 aliphatic rings. The summed E-state index contributed by atoms with van der Waals surface area (Å²) < 4.78 is 1.71. The second kappa shape index (κ2) is 4.19. The van der Waals surface area contributed by atoms with E-state index in [9.17, 15) is 15.0 Å². The van der Waals surface area contributed by atoms with Gasteiger partial charge in [-0.2, -0.15) is 0 Å². The van der Waals surface area contributed by atoms with Crippen LogP contribution in [0.25, 0.3) is 0 Å². The molecule has 1 heterocycles. The fraction of sp³-hybridized carbons (Fsp3) is 0.154. The van der Waals surface area contributed by atoms with Crippen molar-refractivity contribution >= 4 is 26.8 Å². The zero-order valence-corrected chi connectivity index (χ0v) is 11.1. The topological polar surface area (TPSA) is 60.8 Å². The zero-order valence-electron chi connectivity index (χ0n) is 9.35. The summed E-state index contributed by atoms with van der Waals surface area (Å²) in [6.07, 6.45) is 7.85. The maximum absolute atomic E-state index is 12.2. The van der Waals surface area contributed by atoms with Gasteiger partial charge in [0, 0.05) is 0 Å². The zero-order chi connectivity index (χ0) is 12.7. The van der Waals surface area contributed by atoms with Crippen molar-refractivity contribution in [2.24, 2.45) is 5.92 Å². The molecule has 1 aliphatic carbocycles. The molecule has 4 nitrogen and oxygen atoms in total. The predicted molar refractivity (Wildman–Crippen MR) is 68.5 cm³/mol. The summed E-state index contributed by atoms with van der Waals surface area (Å²) >= 11 is -0.00752. The number of nitrogens with zero attached hydrogens (tertiary/aromatic N) is 1. The van der Waals surface area contributed by atoms with Crippen LogP contribution in [0.4, 0.5) is 5.69 Å². The van der Waals surface area contributed by atoms with Crippen LogP contribution in [0.1, 0.15) is 0 Å². The van der Waals surface area contributed by atoms with Crippen LogP contribution in [0.3, 0.4) is 0 Å². The molecular weight excluding hydrogens is 297 g/mol. The summed E-state index contributed by atoms with van der Waals surface area (Å²) in [6, 6.07) is 4.49. The number of hydrogen-bond acceptors (Lipinski definition) is 3. The summed E-state index contributed by atoms with van der Waals surface area (Å²) in [6.45, 7) is 0. The van der Waals surface area contributed by atoms with Gasteiger partial charge in [-0.05, 0) is 0 Å². The molecule has 1 saturated heterocycles. The maximum atomic E-state index is 12.2. The van der Waals surface area contributed by atoms with E-state index >= 15 is 0 Å². The van der Waals surface area contributed by atoms with Crippen LogP contribution >= 0.6 is 0 Å². The van der Waals surface area contributed by atoms with Crippen LogP contribution in [0.15, 0.2) is 42.5 Å². The van der Waals surface area contributed by atoms with Gasteiger partial charge in [0.05, 0.1) is 0 Å². The first-order chi connectivity index (χ1) is 8.66. The van der Waals surface area contributed by atoms with E-state index in [1.165, 1.54) is 12.1 Å². The Balaban J connectivity index is 1.94. The molecule has 1 aromatic carbocycles. The normalized spacial score (nSPS) is 25.6. The van der Waals surface area contributed by atoms with E-state index in [0.717, 1.165) is 0 Å². The quantitative estimate of drug-likeness (QED) is 0.612. The van der Waals surface area contributed by atoms with Crippen LogP contribution in [0.5, 0.6) is 11.5 Å². The number of carbonyl (C=O) groups excluding carboxylic acids is 1. The molecule has 2 unspecified atom stereocenters. The van der Waals surface area contributed by atoms with Gasteiger partial charge in [0.25, 0.3) is 0 Å². The number of aromatic hydroxyl groups is 2. The van der Waals surface area contributed by atoms with Crippen molar-refractivity contribution in [1.82, 2.24) is 0 Å². The monoisotopic (exact) mass is 309 g/mol. The van der Waals surface area contributed by atoms with Gasteiger partial charge in [-0.25, -0.2) is 0 Å². The van der Waals surface area contributed by atoms with Gasteiger partial charge in [0.15, 0.2) is 0 Å². The summed E-state index contributed by atoms with van der Waals surface area (Å²) in [5, 5.41) is 18.8. The third-order valence-electron chi connectivity index (χ3n) is 2.99. The van der Waals surface area contributed by atoms with Crippen molar-refractivity contribution in [2.45, 2.75) is 4.82 Å². The second-order valence-corrected chi connectivity index (χ2v) is 6.52. The van der Waals surface area contributed by atoms with Crippen molar-refractivity contribution < 1.29 is 15.0 Å². The van der Waals surface area contributed by atoms with E-state index in [4.69, 9.17) is 0 Å². The van der Waals surface area contributed by atoms with Gasteiger partial charge in [0.2, 0.25) is 0 Å². The molecule has 18 heavy (non-hydrogen) atoms. The van der Waals surface area contributed by atoms with Gasteiger partial charge >= 0.3 is 110 Å². The van der Waals surface area contributed by atoms with Crippen molar-refractivity contribution in [3.8, 4) is 11.5 Å². The van der Waals surface area contributed by atoms with Gasteiger partial charge in [-0.3, -0.25) is 0 Å². The molecule has 1 aromatic rings. The Kier molecular flexibility index (Phi) is 2.65. The van der Waals surface area contributed by atoms with E-state index in [0.29, 0.717) is 5.69 Å². The first-order valence-corrected chi connectivity index (χ1v) is 7.30. The van der Waals surface area contributed by atoms with Crippen LogP contribution < -0.4 is 3.92 Å². The predicted octanol–water partition coefficient (Wildman–Crippen LogP) is 1.59. The van der Waals surface area contributed by atoms with E-state index in [1.807, 2.05) is 18.2 Å². The van der Waals surface area contributed by atoms with Crippen molar-refractivity contribution in [1.29, 1.82) is 0 Å². The summed E-state index contributed by atoms with van der Waals surface area (Å²) in [4.78, 5) is 12.5. The Morgan fingerprint density at radius 1 is 1.11 bits per heavy atom. The summed E-state index contributed by atoms with van der Waals surface area (Å²) in [5.41, 5.74) is 0.645. The first kappa shape index (κ1) is 11.4. The number of phenols is 2. The molecule has 0 aromatic heterocycles. The van der Waals surface area contributed by atoms with Gasteiger partial charge < -0.3 is 0 Å². The van der Waals surface area contributed by atoms with Crippen LogP contribution in [0.2, 0.25) is 4.82 Å². The van der Waals surface area contributed by atoms with Crippen LogP contribution in [0, 0.1) is 5.92 Å². The fourth-order valence-electron chi connectivity index (χ4n) is 2.05. The Bertz CT molecular complexity index is 567. The first-order valence-electron chi connectivity index (χ1n) is 5.54. The molecule has 0 bridgehead atoms. The number of anilines is 1. The summed E-state index contributed by atoms with van der Waals surface area (Å²) in [7, 11) is 0. The standard InChI is InChI=1S/C13H11NO3Se/c15-10-6-5-8(7-11(10)16)14-13(17)9-3-1-2-4-12(9)18-14/h1-7,9,12,15-16H. The molecule has 0 radical (unpaired) electrons. The number of phenolic OH excluding ortho intramolecular Hbond substituents is 2. The molecule has 0 spiro atoms. The van der Waals surface area contributed by atoms with E-state index in [1.54, 1.807) is 9.98 Å². The Labute approximate surface area is 111 Å². The second-order valence-electron chi connectivity index (χ2n) is 4.17. The number of hydrogen-bond donors (Lipinski definition) is 2. The number of allylic oxidation sites excluding steroid dienone is 3.